The van der Waals surface area contributed by atoms with Gasteiger partial charge >= 0.3 is 6.18 Å². The number of piperidine rings is 1. The average molecular weight is 448 g/mol. The van der Waals surface area contributed by atoms with Crippen molar-refractivity contribution in [1.82, 2.24) is 29.5 Å². The van der Waals surface area contributed by atoms with Gasteiger partial charge in [-0.1, -0.05) is 0 Å². The van der Waals surface area contributed by atoms with Crippen LogP contribution in [-0.2, 0) is 19.6 Å². The number of rotatable bonds is 5. The van der Waals surface area contributed by atoms with Gasteiger partial charge in [0.05, 0.1) is 6.20 Å². The first-order valence-electron chi connectivity index (χ1n) is 11.1. The van der Waals surface area contributed by atoms with E-state index in [4.69, 9.17) is 0 Å². The van der Waals surface area contributed by atoms with E-state index in [-0.39, 0.29) is 22.9 Å². The Morgan fingerprint density at radius 1 is 1.25 bits per heavy atom. The molecule has 0 bridgehead atoms. The molecule has 32 heavy (non-hydrogen) atoms. The first kappa shape index (κ1) is 21.2. The van der Waals surface area contributed by atoms with E-state index in [0.717, 1.165) is 35.8 Å². The minimum absolute atomic E-state index is 0.0486. The molecule has 2 fully saturated rings. The second-order valence-electron chi connectivity index (χ2n) is 9.70. The van der Waals surface area contributed by atoms with Crippen molar-refractivity contribution in [2.75, 3.05) is 11.9 Å². The molecule has 0 unspecified atom stereocenters. The summed E-state index contributed by atoms with van der Waals surface area (Å²) >= 11 is 0. The SMILES string of the molecule is Cn1ncc(-c2nc(N[C@H]3CCC(C)(C)NC3)c3nccn3c2C(F)(F)F)c1CC1CC1. The van der Waals surface area contributed by atoms with E-state index < -0.39 is 11.9 Å². The van der Waals surface area contributed by atoms with Crippen LogP contribution in [0.1, 0.15) is 50.9 Å². The molecule has 4 heterocycles. The lowest BCUT2D eigenvalue weighted by atomic mass is 9.91. The molecule has 2 N–H and O–H groups in total. The topological polar surface area (TPSA) is 72.1 Å². The van der Waals surface area contributed by atoms with Gasteiger partial charge in [-0.3, -0.25) is 9.08 Å². The highest BCUT2D eigenvalue weighted by Crippen LogP contribution is 2.41. The molecule has 1 atom stereocenters. The summed E-state index contributed by atoms with van der Waals surface area (Å²) in [5.41, 5.74) is 0.540. The fraction of sp³-hybridized carbons (Fsp3) is 0.591. The lowest BCUT2D eigenvalue weighted by Gasteiger charge is -2.36. The van der Waals surface area contributed by atoms with Crippen LogP contribution in [0.25, 0.3) is 16.9 Å². The van der Waals surface area contributed by atoms with Gasteiger partial charge in [-0.15, -0.1) is 0 Å². The Hall–Kier alpha value is -2.62. The van der Waals surface area contributed by atoms with Gasteiger partial charge in [-0.25, -0.2) is 9.97 Å². The van der Waals surface area contributed by atoms with Crippen LogP contribution in [0.2, 0.25) is 0 Å². The van der Waals surface area contributed by atoms with Crippen molar-refractivity contribution in [1.29, 1.82) is 0 Å². The Balaban J connectivity index is 1.62. The van der Waals surface area contributed by atoms with E-state index in [1.807, 2.05) is 0 Å². The van der Waals surface area contributed by atoms with Gasteiger partial charge in [-0.2, -0.15) is 18.3 Å². The van der Waals surface area contributed by atoms with Crippen LogP contribution in [0, 0.1) is 5.92 Å². The molecule has 0 spiro atoms. The van der Waals surface area contributed by atoms with Crippen molar-refractivity contribution in [2.45, 2.75) is 63.7 Å². The molecule has 0 amide bonds. The Kier molecular flexibility index (Phi) is 4.96. The molecule has 0 aromatic carbocycles. The molecule has 2 aliphatic rings. The standard InChI is InChI=1S/C22H28F3N7/c1-21(2)7-6-14(11-27-21)29-19-20-26-8-9-32(20)18(22(23,24)25)17(30-19)15-12-28-31(3)16(15)10-13-4-5-13/h8-9,12-14,27H,4-7,10-11H2,1-3H3,(H,29,30)/t14-/m0/s1. The van der Waals surface area contributed by atoms with Gasteiger partial charge in [0.15, 0.2) is 17.2 Å². The minimum atomic E-state index is -4.59. The summed E-state index contributed by atoms with van der Waals surface area (Å²) in [5.74, 6) is 0.871. The number of aryl methyl sites for hydroxylation is 1. The summed E-state index contributed by atoms with van der Waals surface area (Å²) in [7, 11) is 1.78. The summed E-state index contributed by atoms with van der Waals surface area (Å²) in [5, 5.41) is 11.1. The molecule has 172 valence electrons. The van der Waals surface area contributed by atoms with E-state index in [1.54, 1.807) is 11.7 Å². The third-order valence-electron chi connectivity index (χ3n) is 6.59. The molecule has 1 aliphatic carbocycles. The first-order chi connectivity index (χ1) is 15.1. The van der Waals surface area contributed by atoms with Gasteiger partial charge in [0.25, 0.3) is 0 Å². The number of imidazole rings is 1. The Morgan fingerprint density at radius 2 is 2.03 bits per heavy atom. The van der Waals surface area contributed by atoms with Crippen LogP contribution >= 0.6 is 0 Å². The molecule has 0 radical (unpaired) electrons. The molecule has 1 saturated carbocycles. The van der Waals surface area contributed by atoms with Crippen LogP contribution in [0.4, 0.5) is 19.0 Å². The number of hydrogen-bond donors (Lipinski definition) is 2. The molecule has 1 aliphatic heterocycles. The van der Waals surface area contributed by atoms with Crippen molar-refractivity contribution in [3.8, 4) is 11.3 Å². The Labute approximate surface area is 184 Å². The van der Waals surface area contributed by atoms with Crippen molar-refractivity contribution >= 4 is 11.5 Å². The highest BCUT2D eigenvalue weighted by Gasteiger charge is 2.40. The van der Waals surface area contributed by atoms with Crippen LogP contribution in [-0.4, -0.2) is 42.3 Å². The smallest absolute Gasteiger partial charge is 0.363 e. The van der Waals surface area contributed by atoms with Crippen molar-refractivity contribution in [3.05, 3.63) is 30.0 Å². The molecule has 7 nitrogen and oxygen atoms in total. The molecule has 1 saturated heterocycles. The van der Waals surface area contributed by atoms with E-state index in [2.05, 4.69) is 39.5 Å². The number of alkyl halides is 3. The van der Waals surface area contributed by atoms with Crippen molar-refractivity contribution < 1.29 is 13.2 Å². The number of fused-ring (bicyclic) bond motifs is 1. The number of nitrogens with zero attached hydrogens (tertiary/aromatic N) is 5. The summed E-state index contributed by atoms with van der Waals surface area (Å²) in [6, 6.07) is 0.0560. The van der Waals surface area contributed by atoms with Gasteiger partial charge in [0.1, 0.15) is 5.69 Å². The zero-order valence-corrected chi connectivity index (χ0v) is 18.5. The largest absolute Gasteiger partial charge is 0.433 e. The van der Waals surface area contributed by atoms with Crippen LogP contribution < -0.4 is 10.6 Å². The van der Waals surface area contributed by atoms with E-state index >= 15 is 0 Å². The molecule has 5 rings (SSSR count). The maximum absolute atomic E-state index is 14.3. The minimum Gasteiger partial charge on any atom is -0.363 e. The van der Waals surface area contributed by atoms with Gasteiger partial charge in [0, 0.05) is 48.8 Å². The van der Waals surface area contributed by atoms with E-state index in [9.17, 15) is 13.2 Å². The van der Waals surface area contributed by atoms with Crippen molar-refractivity contribution in [2.24, 2.45) is 13.0 Å². The molecular formula is C22H28F3N7. The summed E-state index contributed by atoms with van der Waals surface area (Å²) < 4.78 is 45.6. The monoisotopic (exact) mass is 447 g/mol. The summed E-state index contributed by atoms with van der Waals surface area (Å²) in [4.78, 5) is 8.75. The van der Waals surface area contributed by atoms with E-state index in [0.29, 0.717) is 30.3 Å². The lowest BCUT2D eigenvalue weighted by molar-refractivity contribution is -0.141. The fourth-order valence-electron chi connectivity index (χ4n) is 4.48. The third-order valence-corrected chi connectivity index (χ3v) is 6.59. The van der Waals surface area contributed by atoms with Crippen molar-refractivity contribution in [3.63, 3.8) is 0 Å². The maximum Gasteiger partial charge on any atom is 0.433 e. The second-order valence-corrected chi connectivity index (χ2v) is 9.70. The van der Waals surface area contributed by atoms with Gasteiger partial charge < -0.3 is 10.6 Å². The maximum atomic E-state index is 14.3. The number of hydrogen-bond acceptors (Lipinski definition) is 5. The first-order valence-corrected chi connectivity index (χ1v) is 11.1. The van der Waals surface area contributed by atoms with Gasteiger partial charge in [-0.05, 0) is 51.9 Å². The van der Waals surface area contributed by atoms with E-state index in [1.165, 1.54) is 18.6 Å². The number of anilines is 1. The molecular weight excluding hydrogens is 419 g/mol. The van der Waals surface area contributed by atoms with Crippen LogP contribution in [0.15, 0.2) is 18.6 Å². The predicted octanol–water partition coefficient (Wildman–Crippen LogP) is 4.04. The predicted molar refractivity (Wildman–Crippen MR) is 115 cm³/mol. The summed E-state index contributed by atoms with van der Waals surface area (Å²) in [6.45, 7) is 5.00. The Morgan fingerprint density at radius 3 is 2.69 bits per heavy atom. The van der Waals surface area contributed by atoms with Crippen LogP contribution in [0.3, 0.4) is 0 Å². The van der Waals surface area contributed by atoms with Gasteiger partial charge in [0.2, 0.25) is 0 Å². The van der Waals surface area contributed by atoms with Crippen LogP contribution in [0.5, 0.6) is 0 Å². The molecule has 3 aromatic rings. The third kappa shape index (κ3) is 3.96. The molecule has 3 aromatic heterocycles. The Bertz CT molecular complexity index is 1130. The highest BCUT2D eigenvalue weighted by molar-refractivity contribution is 5.73. The highest BCUT2D eigenvalue weighted by atomic mass is 19.4. The number of nitrogens with one attached hydrogen (secondary N) is 2. The zero-order chi connectivity index (χ0) is 22.7. The summed E-state index contributed by atoms with van der Waals surface area (Å²) in [6.07, 6.45) is 4.41. The fourth-order valence-corrected chi connectivity index (χ4v) is 4.48. The lowest BCUT2D eigenvalue weighted by Crippen LogP contribution is -2.50. The molecule has 10 heteroatoms. The zero-order valence-electron chi connectivity index (χ0n) is 18.5. The second kappa shape index (κ2) is 7.47. The normalized spacial score (nSPS) is 21.2. The number of halogens is 3. The average Bonchev–Trinajstić information content (AvgIpc) is 3.27. The quantitative estimate of drug-likeness (QED) is 0.618. The number of aromatic nitrogens is 5.